The van der Waals surface area contributed by atoms with Gasteiger partial charge in [0.25, 0.3) is 11.6 Å². The first-order valence-corrected chi connectivity index (χ1v) is 6.17. The minimum Gasteiger partial charge on any atom is -0.322 e. The second kappa shape index (κ2) is 5.71. The first-order chi connectivity index (χ1) is 9.47. The zero-order chi connectivity index (χ0) is 14.7. The van der Waals surface area contributed by atoms with Crippen LogP contribution in [0.25, 0.3) is 0 Å². The van der Waals surface area contributed by atoms with Crippen molar-refractivity contribution in [3.8, 4) is 0 Å². The summed E-state index contributed by atoms with van der Waals surface area (Å²) in [6, 6.07) is 11.1. The Morgan fingerprint density at radius 3 is 2.45 bits per heavy atom. The minimum absolute atomic E-state index is 0.0278. The summed E-state index contributed by atoms with van der Waals surface area (Å²) in [4.78, 5) is 22.4. The van der Waals surface area contributed by atoms with E-state index >= 15 is 0 Å². The van der Waals surface area contributed by atoms with E-state index in [1.807, 2.05) is 19.1 Å². The number of rotatable bonds is 3. The van der Waals surface area contributed by atoms with Crippen LogP contribution in [0, 0.1) is 17.0 Å². The molecule has 2 aromatic carbocycles. The Balaban J connectivity index is 2.29. The van der Waals surface area contributed by atoms with Crippen molar-refractivity contribution >= 4 is 28.9 Å². The van der Waals surface area contributed by atoms with Crippen molar-refractivity contribution in [1.82, 2.24) is 0 Å². The topological polar surface area (TPSA) is 72.2 Å². The van der Waals surface area contributed by atoms with E-state index in [9.17, 15) is 14.9 Å². The summed E-state index contributed by atoms with van der Waals surface area (Å²) in [5.74, 6) is -0.544. The molecule has 0 bridgehead atoms. The molecule has 1 N–H and O–H groups in total. The molecule has 2 rings (SSSR count). The van der Waals surface area contributed by atoms with Gasteiger partial charge < -0.3 is 5.32 Å². The number of hydrogen-bond acceptors (Lipinski definition) is 3. The second-order valence-corrected chi connectivity index (χ2v) is 4.68. The van der Waals surface area contributed by atoms with Gasteiger partial charge in [0, 0.05) is 16.8 Å². The molecule has 0 saturated heterocycles. The summed E-state index contributed by atoms with van der Waals surface area (Å²) in [7, 11) is 0. The Hall–Kier alpha value is -2.40. The molecular weight excluding hydrogens is 280 g/mol. The number of benzene rings is 2. The summed E-state index contributed by atoms with van der Waals surface area (Å²) in [5, 5.41) is 13.8. The lowest BCUT2D eigenvalue weighted by Crippen LogP contribution is -2.13. The number of anilines is 1. The highest BCUT2D eigenvalue weighted by Crippen LogP contribution is 2.24. The molecule has 0 spiro atoms. The van der Waals surface area contributed by atoms with E-state index in [1.165, 1.54) is 12.1 Å². The van der Waals surface area contributed by atoms with Gasteiger partial charge in [-0.25, -0.2) is 0 Å². The predicted molar refractivity (Wildman–Crippen MR) is 77.2 cm³/mol. The van der Waals surface area contributed by atoms with Crippen LogP contribution in [0.2, 0.25) is 5.02 Å². The van der Waals surface area contributed by atoms with Gasteiger partial charge in [0.15, 0.2) is 0 Å². The summed E-state index contributed by atoms with van der Waals surface area (Å²) in [6.07, 6.45) is 0. The predicted octanol–water partition coefficient (Wildman–Crippen LogP) is 3.81. The number of carbonyl (C=O) groups is 1. The molecule has 5 nitrogen and oxygen atoms in total. The molecular formula is C14H11ClN2O3. The number of nitrogens with one attached hydrogen (secondary N) is 1. The van der Waals surface area contributed by atoms with Crippen LogP contribution in [-0.4, -0.2) is 10.8 Å². The Morgan fingerprint density at radius 2 is 1.85 bits per heavy atom. The lowest BCUT2D eigenvalue weighted by molar-refractivity contribution is -0.385. The van der Waals surface area contributed by atoms with E-state index in [0.29, 0.717) is 5.69 Å². The summed E-state index contributed by atoms with van der Waals surface area (Å²) < 4.78 is 0. The molecule has 0 aliphatic carbocycles. The maximum atomic E-state index is 12.1. The number of nitro benzene ring substituents is 1. The maximum absolute atomic E-state index is 12.1. The van der Waals surface area contributed by atoms with E-state index in [4.69, 9.17) is 11.6 Å². The van der Waals surface area contributed by atoms with Gasteiger partial charge in [-0.2, -0.15) is 0 Å². The molecule has 102 valence electrons. The first-order valence-electron chi connectivity index (χ1n) is 5.79. The summed E-state index contributed by atoms with van der Waals surface area (Å²) in [6.45, 7) is 1.93. The third-order valence-corrected chi connectivity index (χ3v) is 2.95. The third-order valence-electron chi connectivity index (χ3n) is 2.71. The normalized spacial score (nSPS) is 10.1. The molecule has 6 heteroatoms. The summed E-state index contributed by atoms with van der Waals surface area (Å²) >= 11 is 5.71. The molecule has 0 heterocycles. The molecule has 0 unspecified atom stereocenters. The summed E-state index contributed by atoms with van der Waals surface area (Å²) in [5.41, 5.74) is 1.28. The van der Waals surface area contributed by atoms with Gasteiger partial charge in [-0.05, 0) is 31.2 Å². The van der Waals surface area contributed by atoms with Crippen molar-refractivity contribution < 1.29 is 9.72 Å². The fourth-order valence-corrected chi connectivity index (χ4v) is 1.85. The van der Waals surface area contributed by atoms with E-state index in [-0.39, 0.29) is 16.3 Å². The van der Waals surface area contributed by atoms with Gasteiger partial charge in [-0.3, -0.25) is 14.9 Å². The third kappa shape index (κ3) is 3.13. The van der Waals surface area contributed by atoms with Crippen molar-refractivity contribution in [2.24, 2.45) is 0 Å². The number of halogens is 1. The van der Waals surface area contributed by atoms with Crippen molar-refractivity contribution in [1.29, 1.82) is 0 Å². The zero-order valence-corrected chi connectivity index (χ0v) is 11.3. The van der Waals surface area contributed by atoms with Crippen LogP contribution < -0.4 is 5.32 Å². The Labute approximate surface area is 120 Å². The zero-order valence-electron chi connectivity index (χ0n) is 10.6. The fourth-order valence-electron chi connectivity index (χ4n) is 1.68. The van der Waals surface area contributed by atoms with Gasteiger partial charge in [-0.15, -0.1) is 0 Å². The first kappa shape index (κ1) is 14.0. The van der Waals surface area contributed by atoms with Crippen molar-refractivity contribution in [3.63, 3.8) is 0 Å². The average Bonchev–Trinajstić information content (AvgIpc) is 2.41. The average molecular weight is 291 g/mol. The largest absolute Gasteiger partial charge is 0.322 e. The molecule has 1 amide bonds. The lowest BCUT2D eigenvalue weighted by atomic mass is 10.1. The van der Waals surface area contributed by atoms with Crippen molar-refractivity contribution in [2.45, 2.75) is 6.92 Å². The molecule has 2 aromatic rings. The van der Waals surface area contributed by atoms with Gasteiger partial charge in [-0.1, -0.05) is 29.3 Å². The van der Waals surface area contributed by atoms with Gasteiger partial charge in [0.1, 0.15) is 5.56 Å². The molecule has 0 aliphatic heterocycles. The molecule has 0 aliphatic rings. The van der Waals surface area contributed by atoms with Gasteiger partial charge in [0.2, 0.25) is 0 Å². The van der Waals surface area contributed by atoms with Crippen LogP contribution in [-0.2, 0) is 0 Å². The molecule has 0 fully saturated rings. The number of carbonyl (C=O) groups excluding carboxylic acids is 1. The van der Waals surface area contributed by atoms with E-state index < -0.39 is 10.8 Å². The Morgan fingerprint density at radius 1 is 1.20 bits per heavy atom. The quantitative estimate of drug-likeness (QED) is 0.690. The van der Waals surface area contributed by atoms with Crippen LogP contribution in [0.3, 0.4) is 0 Å². The molecule has 0 radical (unpaired) electrons. The molecule has 0 saturated carbocycles. The second-order valence-electron chi connectivity index (χ2n) is 4.24. The number of nitro groups is 1. The Kier molecular flexibility index (Phi) is 4.00. The van der Waals surface area contributed by atoms with E-state index in [0.717, 1.165) is 11.6 Å². The van der Waals surface area contributed by atoms with Crippen LogP contribution in [0.4, 0.5) is 11.4 Å². The van der Waals surface area contributed by atoms with Crippen LogP contribution in [0.1, 0.15) is 15.9 Å². The SMILES string of the molecule is Cc1ccc(NC(=O)c2ccc(Cl)cc2[N+](=O)[O-])cc1. The Bertz CT molecular complexity index is 669. The fraction of sp³-hybridized carbons (Fsp3) is 0.0714. The van der Waals surface area contributed by atoms with Crippen LogP contribution in [0.15, 0.2) is 42.5 Å². The molecule has 20 heavy (non-hydrogen) atoms. The maximum Gasteiger partial charge on any atom is 0.283 e. The monoisotopic (exact) mass is 290 g/mol. The van der Waals surface area contributed by atoms with Crippen molar-refractivity contribution in [3.05, 3.63) is 68.7 Å². The van der Waals surface area contributed by atoms with E-state index in [1.54, 1.807) is 12.1 Å². The molecule has 0 aromatic heterocycles. The standard InChI is InChI=1S/C14H11ClN2O3/c1-9-2-5-11(6-3-9)16-14(18)12-7-4-10(15)8-13(12)17(19)20/h2-8H,1H3,(H,16,18). The number of nitrogens with zero attached hydrogens (tertiary/aromatic N) is 1. The highest BCUT2D eigenvalue weighted by atomic mass is 35.5. The highest BCUT2D eigenvalue weighted by Gasteiger charge is 2.20. The van der Waals surface area contributed by atoms with E-state index in [2.05, 4.69) is 5.32 Å². The van der Waals surface area contributed by atoms with Gasteiger partial charge in [0.05, 0.1) is 4.92 Å². The lowest BCUT2D eigenvalue weighted by Gasteiger charge is -2.06. The smallest absolute Gasteiger partial charge is 0.283 e. The van der Waals surface area contributed by atoms with Crippen LogP contribution in [0.5, 0.6) is 0 Å². The van der Waals surface area contributed by atoms with Crippen molar-refractivity contribution in [2.75, 3.05) is 5.32 Å². The minimum atomic E-state index is -0.629. The highest BCUT2D eigenvalue weighted by molar-refractivity contribution is 6.31. The number of hydrogen-bond donors (Lipinski definition) is 1. The number of amides is 1. The number of aryl methyl sites for hydroxylation is 1. The van der Waals surface area contributed by atoms with Gasteiger partial charge >= 0.3 is 0 Å². The van der Waals surface area contributed by atoms with Crippen LogP contribution >= 0.6 is 11.6 Å². The molecule has 0 atom stereocenters.